The van der Waals surface area contributed by atoms with Crippen molar-refractivity contribution >= 4 is 5.69 Å². The summed E-state index contributed by atoms with van der Waals surface area (Å²) in [4.78, 5) is 10.6. The molecule has 1 atom stereocenters. The van der Waals surface area contributed by atoms with Gasteiger partial charge in [0.15, 0.2) is 0 Å². The highest BCUT2D eigenvalue weighted by molar-refractivity contribution is 5.40. The number of para-hydroxylation sites is 2. The summed E-state index contributed by atoms with van der Waals surface area (Å²) in [6.45, 7) is 2.21. The second-order valence-electron chi connectivity index (χ2n) is 4.72. The molecule has 110 valence electrons. The summed E-state index contributed by atoms with van der Waals surface area (Å²) in [6.07, 6.45) is 0. The van der Waals surface area contributed by atoms with E-state index in [-0.39, 0.29) is 23.3 Å². The van der Waals surface area contributed by atoms with Gasteiger partial charge >= 0.3 is 0 Å². The first-order chi connectivity index (χ1) is 10.1. The highest BCUT2D eigenvalue weighted by atomic mass is 16.6. The normalized spacial score (nSPS) is 11.9. The molecule has 0 bridgehead atoms. The first-order valence-corrected chi connectivity index (χ1v) is 6.74. The zero-order chi connectivity index (χ0) is 15.2. The number of hydrogen-bond acceptors (Lipinski definition) is 4. The minimum atomic E-state index is -0.388. The van der Waals surface area contributed by atoms with Gasteiger partial charge in [-0.3, -0.25) is 10.1 Å². The molecular formula is C16H18N2O3. The van der Waals surface area contributed by atoms with Crippen LogP contribution in [0.5, 0.6) is 5.75 Å². The quantitative estimate of drug-likeness (QED) is 0.652. The zero-order valence-corrected chi connectivity index (χ0v) is 12.1. The average molecular weight is 286 g/mol. The van der Waals surface area contributed by atoms with Crippen LogP contribution in [-0.2, 0) is 6.61 Å². The van der Waals surface area contributed by atoms with Crippen LogP contribution < -0.4 is 10.1 Å². The highest BCUT2D eigenvalue weighted by Gasteiger charge is 2.14. The van der Waals surface area contributed by atoms with Gasteiger partial charge in [0.05, 0.1) is 10.5 Å². The lowest BCUT2D eigenvalue weighted by Gasteiger charge is -2.16. The van der Waals surface area contributed by atoms with E-state index in [9.17, 15) is 10.1 Å². The molecule has 0 aliphatic heterocycles. The van der Waals surface area contributed by atoms with Gasteiger partial charge in [0, 0.05) is 17.7 Å². The van der Waals surface area contributed by atoms with Crippen molar-refractivity contribution in [2.75, 3.05) is 7.05 Å². The van der Waals surface area contributed by atoms with E-state index in [1.165, 1.54) is 6.07 Å². The Bertz CT molecular complexity index is 628. The van der Waals surface area contributed by atoms with E-state index in [4.69, 9.17) is 4.74 Å². The molecule has 0 spiro atoms. The largest absolute Gasteiger partial charge is 0.488 e. The van der Waals surface area contributed by atoms with Gasteiger partial charge in [0.2, 0.25) is 0 Å². The topological polar surface area (TPSA) is 64.4 Å². The molecule has 2 rings (SSSR count). The maximum absolute atomic E-state index is 11.0. The van der Waals surface area contributed by atoms with E-state index in [2.05, 4.69) is 5.32 Å². The Hall–Kier alpha value is -2.40. The lowest BCUT2D eigenvalue weighted by atomic mass is 10.1. The molecule has 5 heteroatoms. The second kappa shape index (κ2) is 6.85. The van der Waals surface area contributed by atoms with Crippen molar-refractivity contribution in [1.29, 1.82) is 0 Å². The molecule has 1 N–H and O–H groups in total. The molecule has 0 radical (unpaired) electrons. The Morgan fingerprint density at radius 3 is 2.57 bits per heavy atom. The van der Waals surface area contributed by atoms with E-state index in [0.717, 1.165) is 11.3 Å². The van der Waals surface area contributed by atoms with E-state index in [1.54, 1.807) is 18.2 Å². The number of nitro groups is 1. The number of nitro benzene ring substituents is 1. The van der Waals surface area contributed by atoms with E-state index in [1.807, 2.05) is 38.2 Å². The SMILES string of the molecule is CNC(C)c1ccccc1OCc1ccccc1[N+](=O)[O-]. The summed E-state index contributed by atoms with van der Waals surface area (Å²) >= 11 is 0. The molecule has 0 heterocycles. The molecule has 0 saturated heterocycles. The fourth-order valence-electron chi connectivity index (χ4n) is 2.09. The van der Waals surface area contributed by atoms with Crippen LogP contribution in [0.2, 0.25) is 0 Å². The predicted octanol–water partition coefficient (Wildman–Crippen LogP) is 3.45. The molecule has 1 unspecified atom stereocenters. The number of nitrogens with zero attached hydrogens (tertiary/aromatic N) is 1. The zero-order valence-electron chi connectivity index (χ0n) is 12.1. The third kappa shape index (κ3) is 3.58. The number of hydrogen-bond donors (Lipinski definition) is 1. The maximum atomic E-state index is 11.0. The number of rotatable bonds is 6. The molecule has 0 aromatic heterocycles. The Kier molecular flexibility index (Phi) is 4.90. The second-order valence-corrected chi connectivity index (χ2v) is 4.72. The molecule has 2 aromatic rings. The van der Waals surface area contributed by atoms with Crippen molar-refractivity contribution in [3.63, 3.8) is 0 Å². The molecule has 0 amide bonds. The first kappa shape index (κ1) is 15.0. The van der Waals surface area contributed by atoms with Gasteiger partial charge in [-0.25, -0.2) is 0 Å². The maximum Gasteiger partial charge on any atom is 0.276 e. The van der Waals surface area contributed by atoms with Gasteiger partial charge in [-0.1, -0.05) is 30.3 Å². The summed E-state index contributed by atoms with van der Waals surface area (Å²) in [6, 6.07) is 14.5. The Morgan fingerprint density at radius 1 is 1.19 bits per heavy atom. The lowest BCUT2D eigenvalue weighted by Crippen LogP contribution is -2.13. The summed E-state index contributed by atoms with van der Waals surface area (Å²) in [5, 5.41) is 14.2. The first-order valence-electron chi connectivity index (χ1n) is 6.74. The third-order valence-electron chi connectivity index (χ3n) is 3.39. The van der Waals surface area contributed by atoms with Crippen molar-refractivity contribution in [2.24, 2.45) is 0 Å². The van der Waals surface area contributed by atoms with Crippen molar-refractivity contribution in [2.45, 2.75) is 19.6 Å². The van der Waals surface area contributed by atoms with Crippen LogP contribution in [-0.4, -0.2) is 12.0 Å². The molecule has 0 fully saturated rings. The van der Waals surface area contributed by atoms with Crippen LogP contribution in [0.4, 0.5) is 5.69 Å². The van der Waals surface area contributed by atoms with Gasteiger partial charge in [-0.05, 0) is 26.1 Å². The van der Waals surface area contributed by atoms with Gasteiger partial charge in [-0.15, -0.1) is 0 Å². The van der Waals surface area contributed by atoms with Gasteiger partial charge in [0.1, 0.15) is 12.4 Å². The van der Waals surface area contributed by atoms with Crippen LogP contribution in [0.1, 0.15) is 24.1 Å². The smallest absolute Gasteiger partial charge is 0.276 e. The van der Waals surface area contributed by atoms with Gasteiger partial charge in [0.25, 0.3) is 5.69 Å². The Morgan fingerprint density at radius 2 is 1.86 bits per heavy atom. The van der Waals surface area contributed by atoms with Gasteiger partial charge < -0.3 is 10.1 Å². The summed E-state index contributed by atoms with van der Waals surface area (Å²) < 4.78 is 5.79. The van der Waals surface area contributed by atoms with Crippen molar-refractivity contribution in [3.8, 4) is 5.75 Å². The van der Waals surface area contributed by atoms with Crippen LogP contribution >= 0.6 is 0 Å². The minimum absolute atomic E-state index is 0.0802. The van der Waals surface area contributed by atoms with Crippen LogP contribution in [0.15, 0.2) is 48.5 Å². The van der Waals surface area contributed by atoms with E-state index < -0.39 is 0 Å². The molecule has 5 nitrogen and oxygen atoms in total. The standard InChI is InChI=1S/C16H18N2O3/c1-12(17-2)14-8-4-6-10-16(14)21-11-13-7-3-5-9-15(13)18(19)20/h3-10,12,17H,11H2,1-2H3. The predicted molar refractivity (Wildman–Crippen MR) is 81.3 cm³/mol. The average Bonchev–Trinajstić information content (AvgIpc) is 2.52. The van der Waals surface area contributed by atoms with Crippen molar-refractivity contribution in [3.05, 3.63) is 69.8 Å². The monoisotopic (exact) mass is 286 g/mol. The Labute approximate surface area is 123 Å². The number of ether oxygens (including phenoxy) is 1. The Balaban J connectivity index is 2.19. The van der Waals surface area contributed by atoms with Gasteiger partial charge in [-0.2, -0.15) is 0 Å². The third-order valence-corrected chi connectivity index (χ3v) is 3.39. The fourth-order valence-corrected chi connectivity index (χ4v) is 2.09. The summed E-state index contributed by atoms with van der Waals surface area (Å²) in [7, 11) is 1.88. The molecule has 2 aromatic carbocycles. The highest BCUT2D eigenvalue weighted by Crippen LogP contribution is 2.26. The molecule has 0 aliphatic carbocycles. The van der Waals surface area contributed by atoms with Crippen molar-refractivity contribution < 1.29 is 9.66 Å². The minimum Gasteiger partial charge on any atom is -0.488 e. The summed E-state index contributed by atoms with van der Waals surface area (Å²) in [5.74, 6) is 0.734. The lowest BCUT2D eigenvalue weighted by molar-refractivity contribution is -0.385. The van der Waals surface area contributed by atoms with Crippen LogP contribution in [0, 0.1) is 10.1 Å². The molecule has 0 aliphatic rings. The van der Waals surface area contributed by atoms with E-state index >= 15 is 0 Å². The van der Waals surface area contributed by atoms with Crippen molar-refractivity contribution in [1.82, 2.24) is 5.32 Å². The summed E-state index contributed by atoms with van der Waals surface area (Å²) in [5.41, 5.74) is 1.67. The number of benzene rings is 2. The van der Waals surface area contributed by atoms with Crippen LogP contribution in [0.25, 0.3) is 0 Å². The van der Waals surface area contributed by atoms with Crippen LogP contribution in [0.3, 0.4) is 0 Å². The molecule has 0 saturated carbocycles. The molecular weight excluding hydrogens is 268 g/mol. The fraction of sp³-hybridized carbons (Fsp3) is 0.250. The van der Waals surface area contributed by atoms with E-state index in [0.29, 0.717) is 5.56 Å². The molecule has 21 heavy (non-hydrogen) atoms. The number of nitrogens with one attached hydrogen (secondary N) is 1.